The Balaban J connectivity index is 0.000000336. The Kier molecular flexibility index (Phi) is 7.88. The second kappa shape index (κ2) is 7.37. The van der Waals surface area contributed by atoms with Crippen LogP contribution in [0.15, 0.2) is 22.3 Å². The second-order valence-electron chi connectivity index (χ2n) is 3.58. The van der Waals surface area contributed by atoms with Crippen LogP contribution in [-0.2, 0) is 11.6 Å². The number of hydrogen-bond donors (Lipinski definition) is 0. The van der Waals surface area contributed by atoms with Crippen LogP contribution in [0.3, 0.4) is 0 Å². The molecule has 0 N–H and O–H groups in total. The third kappa shape index (κ3) is 4.81. The van der Waals surface area contributed by atoms with Gasteiger partial charge in [-0.25, -0.2) is 0 Å². The van der Waals surface area contributed by atoms with Crippen molar-refractivity contribution in [1.82, 2.24) is 0 Å². The summed E-state index contributed by atoms with van der Waals surface area (Å²) in [5.74, 6) is 0.694. The van der Waals surface area contributed by atoms with Gasteiger partial charge in [-0.3, -0.25) is 0 Å². The average Bonchev–Trinajstić information content (AvgIpc) is 2.37. The summed E-state index contributed by atoms with van der Waals surface area (Å²) in [4.78, 5) is 11.2. The molecule has 1 aliphatic carbocycles. The molecule has 0 radical (unpaired) electrons. The standard InChI is InChI=1S/C10H16.CO.Co.2HI/c1-6-7(2)9(4)10(5)8(6)3;1-2;;;/h6H,1-5H3;;;2*1H/q;;+2;;/p-2. The van der Waals surface area contributed by atoms with Crippen molar-refractivity contribution in [2.45, 2.75) is 34.6 Å². The zero-order valence-corrected chi connectivity index (χ0v) is 14.9. The summed E-state index contributed by atoms with van der Waals surface area (Å²) >= 11 is 4.06. The van der Waals surface area contributed by atoms with Gasteiger partial charge in [0.2, 0.25) is 0 Å². The van der Waals surface area contributed by atoms with Crippen molar-refractivity contribution in [3.05, 3.63) is 22.3 Å². The Bertz CT molecular complexity index is 335. The predicted octanol–water partition coefficient (Wildman–Crippen LogP) is 4.68. The molecule has 0 aromatic heterocycles. The van der Waals surface area contributed by atoms with E-state index in [9.17, 15) is 4.79 Å². The van der Waals surface area contributed by atoms with Gasteiger partial charge in [0.15, 0.2) is 0 Å². The molecule has 1 aliphatic rings. The van der Waals surface area contributed by atoms with Crippen molar-refractivity contribution < 1.29 is 11.6 Å². The number of carbonyl (C=O) groups excluding carboxylic acids is 1. The van der Waals surface area contributed by atoms with Gasteiger partial charge in [0.1, 0.15) is 0 Å². The molecule has 0 aliphatic heterocycles. The molecule has 1 nitrogen and oxygen atoms in total. The van der Waals surface area contributed by atoms with Crippen molar-refractivity contribution in [2.24, 2.45) is 5.92 Å². The molecule has 89 valence electrons. The van der Waals surface area contributed by atoms with Crippen LogP contribution in [0.4, 0.5) is 0 Å². The zero-order valence-electron chi connectivity index (χ0n) is 9.57. The molecule has 0 aromatic rings. The fraction of sp³-hybridized carbons (Fsp3) is 0.545. The second-order valence-corrected chi connectivity index (χ2v) is 15.9. The number of allylic oxidation sites excluding steroid dienone is 4. The SMILES string of the molecule is CC1=C(C)C(C)C(C)=C1C.O=[C]=[Co]([I])[I]. The molecule has 1 rings (SSSR count). The van der Waals surface area contributed by atoms with Gasteiger partial charge in [-0.2, -0.15) is 0 Å². The van der Waals surface area contributed by atoms with Crippen LogP contribution in [0.5, 0.6) is 0 Å². The first kappa shape index (κ1) is 16.0. The molecule has 0 heterocycles. The molecule has 4 heteroatoms. The first-order valence-corrected chi connectivity index (χ1v) is 11.8. The predicted molar refractivity (Wildman–Crippen MR) is 79.6 cm³/mol. The Morgan fingerprint density at radius 3 is 1.40 bits per heavy atom. The first-order chi connectivity index (χ1) is 6.82. The summed E-state index contributed by atoms with van der Waals surface area (Å²) in [6, 6.07) is 0. The molecule has 0 aromatic carbocycles. The molecule has 0 bridgehead atoms. The monoisotopic (exact) mass is 477 g/mol. The summed E-state index contributed by atoms with van der Waals surface area (Å²) < 4.78 is 0. The van der Waals surface area contributed by atoms with Crippen LogP contribution >= 0.6 is 40.8 Å². The van der Waals surface area contributed by atoms with Gasteiger partial charge in [0.05, 0.1) is 0 Å². The minimum absolute atomic E-state index is 0.447. The normalized spacial score (nSPS) is 17.4. The number of hydrogen-bond acceptors (Lipinski definition) is 1. The van der Waals surface area contributed by atoms with E-state index < -0.39 is 6.79 Å². The van der Waals surface area contributed by atoms with Crippen molar-refractivity contribution in [3.8, 4) is 0 Å². The van der Waals surface area contributed by atoms with Crippen molar-refractivity contribution in [2.75, 3.05) is 0 Å². The van der Waals surface area contributed by atoms with Gasteiger partial charge < -0.3 is 0 Å². The minimum atomic E-state index is -0.447. The van der Waals surface area contributed by atoms with E-state index in [1.54, 1.807) is 11.1 Å². The first-order valence-electron chi connectivity index (χ1n) is 4.53. The van der Waals surface area contributed by atoms with Gasteiger partial charge in [-0.05, 0) is 44.8 Å². The summed E-state index contributed by atoms with van der Waals surface area (Å²) in [6.45, 7) is 10.7. The van der Waals surface area contributed by atoms with E-state index in [0.29, 0.717) is 5.92 Å². The quantitative estimate of drug-likeness (QED) is 0.464. The van der Waals surface area contributed by atoms with Crippen molar-refractivity contribution in [3.63, 3.8) is 0 Å². The molecule has 0 fully saturated rings. The van der Waals surface area contributed by atoms with Crippen molar-refractivity contribution in [1.29, 1.82) is 0 Å². The number of rotatable bonds is 0. The maximum atomic E-state index is 9.39. The van der Waals surface area contributed by atoms with E-state index in [2.05, 4.69) is 34.6 Å². The Hall–Kier alpha value is 1.03. The Labute approximate surface area is 119 Å². The summed E-state index contributed by atoms with van der Waals surface area (Å²) in [5, 5.41) is 0. The fourth-order valence-corrected chi connectivity index (χ4v) is 1.57. The molecule has 0 unspecified atom stereocenters. The van der Waals surface area contributed by atoms with Crippen LogP contribution in [0.2, 0.25) is 0 Å². The van der Waals surface area contributed by atoms with Crippen LogP contribution in [0.25, 0.3) is 0 Å². The molecular weight excluding hydrogens is 461 g/mol. The summed E-state index contributed by atoms with van der Waals surface area (Å²) in [6.07, 6.45) is 0. The van der Waals surface area contributed by atoms with Crippen LogP contribution in [0, 0.1) is 5.92 Å². The fourth-order valence-electron chi connectivity index (χ4n) is 1.57. The zero-order chi connectivity index (χ0) is 12.2. The summed E-state index contributed by atoms with van der Waals surface area (Å²) in [5.41, 5.74) is 6.11. The van der Waals surface area contributed by atoms with Gasteiger partial charge in [-0.15, -0.1) is 0 Å². The third-order valence-electron chi connectivity index (χ3n) is 3.10. The van der Waals surface area contributed by atoms with Gasteiger partial charge in [-0.1, -0.05) is 18.1 Å². The molecule has 0 saturated carbocycles. The molecule has 0 amide bonds. The Morgan fingerprint density at radius 2 is 1.33 bits per heavy atom. The van der Waals surface area contributed by atoms with E-state index in [4.69, 9.17) is 0 Å². The number of halogens is 2. The topological polar surface area (TPSA) is 17.1 Å². The molecule has 0 atom stereocenters. The molecular formula is C11H16CoI2O. The Morgan fingerprint density at radius 1 is 1.07 bits per heavy atom. The average molecular weight is 477 g/mol. The van der Waals surface area contributed by atoms with Crippen molar-refractivity contribution >= 4 is 45.7 Å². The van der Waals surface area contributed by atoms with E-state index in [1.165, 1.54) is 11.1 Å². The third-order valence-corrected chi connectivity index (χ3v) is 4.47. The molecule has 15 heavy (non-hydrogen) atoms. The van der Waals surface area contributed by atoms with E-state index >= 15 is 0 Å². The van der Waals surface area contributed by atoms with Gasteiger partial charge in [0, 0.05) is 0 Å². The van der Waals surface area contributed by atoms with Crippen LogP contribution < -0.4 is 0 Å². The van der Waals surface area contributed by atoms with Crippen LogP contribution in [-0.4, -0.2) is 4.82 Å². The van der Waals surface area contributed by atoms with E-state index in [0.717, 1.165) is 0 Å². The molecule has 0 saturated heterocycles. The maximum absolute atomic E-state index is 9.39. The summed E-state index contributed by atoms with van der Waals surface area (Å²) in [7, 11) is 0. The van der Waals surface area contributed by atoms with E-state index in [-0.39, 0.29) is 0 Å². The van der Waals surface area contributed by atoms with Gasteiger partial charge in [0.25, 0.3) is 0 Å². The van der Waals surface area contributed by atoms with Crippen LogP contribution in [0.1, 0.15) is 34.6 Å². The molecule has 0 spiro atoms. The van der Waals surface area contributed by atoms with E-state index in [1.807, 2.05) is 45.7 Å². The van der Waals surface area contributed by atoms with Gasteiger partial charge >= 0.3 is 57.2 Å².